The van der Waals surface area contributed by atoms with Crippen LogP contribution >= 0.6 is 0 Å². The lowest BCUT2D eigenvalue weighted by Gasteiger charge is -2.16. The summed E-state index contributed by atoms with van der Waals surface area (Å²) in [5.74, 6) is 0.224. The van der Waals surface area contributed by atoms with Crippen molar-refractivity contribution in [3.05, 3.63) is 102 Å². The van der Waals surface area contributed by atoms with Crippen LogP contribution in [-0.2, 0) is 4.79 Å². The lowest BCUT2D eigenvalue weighted by molar-refractivity contribution is -0.111. The van der Waals surface area contributed by atoms with E-state index in [4.69, 9.17) is 4.74 Å². The molecule has 0 spiro atoms. The second kappa shape index (κ2) is 10.8. The zero-order chi connectivity index (χ0) is 22.1. The summed E-state index contributed by atoms with van der Waals surface area (Å²) in [5.41, 5.74) is 2.76. The lowest BCUT2D eigenvalue weighted by atomic mass is 10.1. The van der Waals surface area contributed by atoms with Gasteiger partial charge in [0, 0.05) is 6.08 Å². The molecule has 0 radical (unpaired) electrons. The van der Waals surface area contributed by atoms with Gasteiger partial charge in [-0.05, 0) is 55.3 Å². The molecule has 0 heterocycles. The molecule has 2 N–H and O–H groups in total. The van der Waals surface area contributed by atoms with Gasteiger partial charge in [0.25, 0.3) is 5.91 Å². The van der Waals surface area contributed by atoms with Gasteiger partial charge in [0.05, 0.1) is 23.9 Å². The van der Waals surface area contributed by atoms with Crippen molar-refractivity contribution in [2.45, 2.75) is 19.9 Å². The maximum atomic E-state index is 12.8. The van der Waals surface area contributed by atoms with Crippen LogP contribution in [-0.4, -0.2) is 18.4 Å². The molecule has 0 aromatic heterocycles. The number of para-hydroxylation sites is 1. The van der Waals surface area contributed by atoms with Gasteiger partial charge in [0.1, 0.15) is 5.75 Å². The first-order valence-corrected chi connectivity index (χ1v) is 10.2. The van der Waals surface area contributed by atoms with E-state index >= 15 is 0 Å². The van der Waals surface area contributed by atoms with Crippen LogP contribution in [0.1, 0.15) is 41.4 Å². The zero-order valence-corrected chi connectivity index (χ0v) is 17.7. The molecule has 1 atom stereocenters. The first kappa shape index (κ1) is 21.8. The van der Waals surface area contributed by atoms with Crippen LogP contribution in [0.2, 0.25) is 0 Å². The van der Waals surface area contributed by atoms with Crippen LogP contribution in [0.25, 0.3) is 6.08 Å². The van der Waals surface area contributed by atoms with Crippen molar-refractivity contribution < 1.29 is 14.3 Å². The molecule has 5 nitrogen and oxygen atoms in total. The molecule has 0 bridgehead atoms. The molecule has 5 heteroatoms. The molecule has 2 amide bonds. The molecule has 0 fully saturated rings. The maximum Gasteiger partial charge on any atom is 0.253 e. The molecular weight excluding hydrogens is 388 g/mol. The molecule has 0 aliphatic heterocycles. The Kier molecular flexibility index (Phi) is 7.60. The Balaban J connectivity index is 1.65. The summed E-state index contributed by atoms with van der Waals surface area (Å²) < 4.78 is 5.42. The van der Waals surface area contributed by atoms with Gasteiger partial charge in [-0.1, -0.05) is 54.6 Å². The second-order valence-corrected chi connectivity index (χ2v) is 6.98. The van der Waals surface area contributed by atoms with Gasteiger partial charge in [-0.25, -0.2) is 0 Å². The molecule has 158 valence electrons. The third kappa shape index (κ3) is 6.31. The van der Waals surface area contributed by atoms with Crippen molar-refractivity contribution in [3.8, 4) is 5.75 Å². The molecule has 0 aliphatic carbocycles. The van der Waals surface area contributed by atoms with E-state index in [2.05, 4.69) is 10.6 Å². The number of benzene rings is 3. The van der Waals surface area contributed by atoms with E-state index in [9.17, 15) is 9.59 Å². The second-order valence-electron chi connectivity index (χ2n) is 6.98. The smallest absolute Gasteiger partial charge is 0.253 e. The maximum absolute atomic E-state index is 12.8. The van der Waals surface area contributed by atoms with Crippen molar-refractivity contribution in [1.82, 2.24) is 5.32 Å². The van der Waals surface area contributed by atoms with Crippen molar-refractivity contribution in [2.75, 3.05) is 11.9 Å². The Morgan fingerprint density at radius 1 is 0.935 bits per heavy atom. The van der Waals surface area contributed by atoms with E-state index < -0.39 is 0 Å². The number of carbonyl (C=O) groups excluding carboxylic acids is 2. The summed E-state index contributed by atoms with van der Waals surface area (Å²) in [4.78, 5) is 25.2. The normalized spacial score (nSPS) is 11.7. The van der Waals surface area contributed by atoms with Gasteiger partial charge in [-0.2, -0.15) is 0 Å². The number of nitrogens with one attached hydrogen (secondary N) is 2. The summed E-state index contributed by atoms with van der Waals surface area (Å²) in [7, 11) is 0. The van der Waals surface area contributed by atoms with Gasteiger partial charge in [0.15, 0.2) is 0 Å². The number of amides is 2. The van der Waals surface area contributed by atoms with Gasteiger partial charge in [-0.3, -0.25) is 9.59 Å². The molecule has 3 aromatic carbocycles. The standard InChI is InChI=1S/C26H26N2O3/c1-3-31-22-16-13-20(14-17-22)15-18-25(29)28-24-12-8-7-11-23(24)26(30)27-19(2)21-9-5-4-6-10-21/h4-19H,3H2,1-2H3,(H,27,30)(H,28,29)/b18-15+. The quantitative estimate of drug-likeness (QED) is 0.496. The topological polar surface area (TPSA) is 67.4 Å². The first-order valence-electron chi connectivity index (χ1n) is 10.2. The Morgan fingerprint density at radius 3 is 2.32 bits per heavy atom. The zero-order valence-electron chi connectivity index (χ0n) is 17.7. The molecule has 0 saturated heterocycles. The number of anilines is 1. The number of hydrogen-bond donors (Lipinski definition) is 2. The Bertz CT molecular complexity index is 1040. The fourth-order valence-corrected chi connectivity index (χ4v) is 3.08. The van der Waals surface area contributed by atoms with Gasteiger partial charge >= 0.3 is 0 Å². The number of carbonyl (C=O) groups is 2. The van der Waals surface area contributed by atoms with E-state index in [-0.39, 0.29) is 17.9 Å². The fourth-order valence-electron chi connectivity index (χ4n) is 3.08. The third-order valence-electron chi connectivity index (χ3n) is 4.69. The summed E-state index contributed by atoms with van der Waals surface area (Å²) in [5, 5.41) is 5.77. The number of rotatable bonds is 8. The third-order valence-corrected chi connectivity index (χ3v) is 4.69. The van der Waals surface area contributed by atoms with Crippen LogP contribution in [0, 0.1) is 0 Å². The van der Waals surface area contributed by atoms with Crippen LogP contribution in [0.5, 0.6) is 5.75 Å². The van der Waals surface area contributed by atoms with Crippen LogP contribution < -0.4 is 15.4 Å². The summed E-state index contributed by atoms with van der Waals surface area (Å²) in [6.45, 7) is 4.46. The van der Waals surface area contributed by atoms with Gasteiger partial charge in [0.2, 0.25) is 5.91 Å². The van der Waals surface area contributed by atoms with E-state index in [0.29, 0.717) is 17.9 Å². The Hall–Kier alpha value is -3.86. The Labute approximate surface area is 182 Å². The van der Waals surface area contributed by atoms with Crippen LogP contribution in [0.3, 0.4) is 0 Å². The molecule has 31 heavy (non-hydrogen) atoms. The highest BCUT2D eigenvalue weighted by Gasteiger charge is 2.15. The average molecular weight is 415 g/mol. The Morgan fingerprint density at radius 2 is 1.61 bits per heavy atom. The van der Waals surface area contributed by atoms with Gasteiger partial charge in [-0.15, -0.1) is 0 Å². The minimum atomic E-state index is -0.315. The van der Waals surface area contributed by atoms with Crippen molar-refractivity contribution >= 4 is 23.6 Å². The average Bonchev–Trinajstić information content (AvgIpc) is 2.79. The molecule has 1 unspecified atom stereocenters. The predicted octanol–water partition coefficient (Wildman–Crippen LogP) is 5.23. The molecular formula is C26H26N2O3. The van der Waals surface area contributed by atoms with Crippen molar-refractivity contribution in [1.29, 1.82) is 0 Å². The van der Waals surface area contributed by atoms with Crippen LogP contribution in [0.4, 0.5) is 5.69 Å². The summed E-state index contributed by atoms with van der Waals surface area (Å²) in [6, 6.07) is 24.0. The van der Waals surface area contributed by atoms with E-state index in [1.165, 1.54) is 6.08 Å². The highest BCUT2D eigenvalue weighted by atomic mass is 16.5. The minimum absolute atomic E-state index is 0.156. The highest BCUT2D eigenvalue weighted by molar-refractivity contribution is 6.07. The molecule has 3 aromatic rings. The van der Waals surface area contributed by atoms with Crippen molar-refractivity contribution in [3.63, 3.8) is 0 Å². The van der Waals surface area contributed by atoms with Crippen LogP contribution in [0.15, 0.2) is 84.9 Å². The number of ether oxygens (including phenoxy) is 1. The first-order chi connectivity index (χ1) is 15.1. The van der Waals surface area contributed by atoms with E-state index in [1.54, 1.807) is 30.3 Å². The monoisotopic (exact) mass is 414 g/mol. The molecule has 3 rings (SSSR count). The predicted molar refractivity (Wildman–Crippen MR) is 124 cm³/mol. The minimum Gasteiger partial charge on any atom is -0.494 e. The van der Waals surface area contributed by atoms with E-state index in [1.807, 2.05) is 68.4 Å². The molecule has 0 aliphatic rings. The fraction of sp³-hybridized carbons (Fsp3) is 0.154. The van der Waals surface area contributed by atoms with Crippen molar-refractivity contribution in [2.24, 2.45) is 0 Å². The molecule has 0 saturated carbocycles. The summed E-state index contributed by atoms with van der Waals surface area (Å²) >= 11 is 0. The summed E-state index contributed by atoms with van der Waals surface area (Å²) in [6.07, 6.45) is 3.15. The SMILES string of the molecule is CCOc1ccc(/C=C/C(=O)Nc2ccccc2C(=O)NC(C)c2ccccc2)cc1. The lowest BCUT2D eigenvalue weighted by Crippen LogP contribution is -2.27. The van der Waals surface area contributed by atoms with Gasteiger partial charge < -0.3 is 15.4 Å². The largest absolute Gasteiger partial charge is 0.494 e. The van der Waals surface area contributed by atoms with E-state index in [0.717, 1.165) is 16.9 Å². The highest BCUT2D eigenvalue weighted by Crippen LogP contribution is 2.18. The number of hydrogen-bond acceptors (Lipinski definition) is 3.